The Hall–Kier alpha value is -1.98. The van der Waals surface area contributed by atoms with E-state index in [-0.39, 0.29) is 0 Å². The third-order valence-electron chi connectivity index (χ3n) is 2.99. The third kappa shape index (κ3) is 3.53. The van der Waals surface area contributed by atoms with Crippen LogP contribution in [-0.4, -0.2) is 14.8 Å². The van der Waals surface area contributed by atoms with Crippen LogP contribution in [0.2, 0.25) is 0 Å². The van der Waals surface area contributed by atoms with Gasteiger partial charge in [-0.25, -0.2) is 0 Å². The predicted octanol–water partition coefficient (Wildman–Crippen LogP) is 2.68. The molecule has 0 bridgehead atoms. The molecule has 3 aromatic rings. The number of benzene rings is 1. The summed E-state index contributed by atoms with van der Waals surface area (Å²) in [7, 11) is 0. The molecule has 1 aromatic carbocycles. The summed E-state index contributed by atoms with van der Waals surface area (Å²) in [6.45, 7) is 2.50. The summed E-state index contributed by atoms with van der Waals surface area (Å²) in [5, 5.41) is 7.79. The number of nitrogens with one attached hydrogen (secondary N) is 1. The van der Waals surface area contributed by atoms with Crippen molar-refractivity contribution in [2.45, 2.75) is 19.6 Å². The Morgan fingerprint density at radius 3 is 2.75 bits per heavy atom. The number of thiazole rings is 1. The molecule has 0 unspecified atom stereocenters. The van der Waals surface area contributed by atoms with Gasteiger partial charge in [0.1, 0.15) is 0 Å². The first-order chi connectivity index (χ1) is 9.90. The minimum atomic E-state index is 0.815. The van der Waals surface area contributed by atoms with Crippen LogP contribution in [0.15, 0.2) is 54.4 Å². The Balaban J connectivity index is 1.52. The SMILES string of the molecule is c1ccc(Cn2cc(CNCc3cncs3)cn2)cc1. The molecule has 0 aliphatic carbocycles. The maximum absolute atomic E-state index is 4.39. The van der Waals surface area contributed by atoms with Crippen LogP contribution in [0, 0.1) is 0 Å². The fourth-order valence-corrected chi connectivity index (χ4v) is 2.58. The summed E-state index contributed by atoms with van der Waals surface area (Å²) >= 11 is 1.67. The molecule has 102 valence electrons. The second-order valence-electron chi connectivity index (χ2n) is 4.60. The second kappa shape index (κ2) is 6.45. The van der Waals surface area contributed by atoms with Gasteiger partial charge in [-0.3, -0.25) is 9.67 Å². The van der Waals surface area contributed by atoms with Gasteiger partial charge in [0, 0.05) is 35.9 Å². The molecule has 0 saturated carbocycles. The van der Waals surface area contributed by atoms with Crippen molar-refractivity contribution in [2.75, 3.05) is 0 Å². The summed E-state index contributed by atoms with van der Waals surface area (Å²) in [6, 6.07) is 10.4. The molecule has 2 aromatic heterocycles. The topological polar surface area (TPSA) is 42.7 Å². The van der Waals surface area contributed by atoms with Crippen molar-refractivity contribution in [1.82, 2.24) is 20.1 Å². The average molecular weight is 284 g/mol. The molecule has 0 saturated heterocycles. The summed E-state index contributed by atoms with van der Waals surface area (Å²) in [5.41, 5.74) is 4.32. The van der Waals surface area contributed by atoms with Crippen LogP contribution in [0.5, 0.6) is 0 Å². The first-order valence-electron chi connectivity index (χ1n) is 6.53. The molecule has 0 radical (unpaired) electrons. The van der Waals surface area contributed by atoms with Crippen molar-refractivity contribution in [3.63, 3.8) is 0 Å². The largest absolute Gasteiger partial charge is 0.308 e. The Morgan fingerprint density at radius 2 is 1.95 bits per heavy atom. The molecule has 1 N–H and O–H groups in total. The van der Waals surface area contributed by atoms with Gasteiger partial charge in [0.2, 0.25) is 0 Å². The van der Waals surface area contributed by atoms with Crippen LogP contribution >= 0.6 is 11.3 Å². The molecule has 2 heterocycles. The number of hydrogen-bond acceptors (Lipinski definition) is 4. The average Bonchev–Trinajstić information content (AvgIpc) is 3.12. The highest BCUT2D eigenvalue weighted by Gasteiger charge is 2.00. The normalized spacial score (nSPS) is 10.8. The van der Waals surface area contributed by atoms with E-state index in [1.807, 2.05) is 28.7 Å². The number of hydrogen-bond donors (Lipinski definition) is 1. The van der Waals surface area contributed by atoms with Crippen molar-refractivity contribution in [3.05, 3.63) is 70.4 Å². The first-order valence-corrected chi connectivity index (χ1v) is 7.41. The number of nitrogens with zero attached hydrogens (tertiary/aromatic N) is 3. The summed E-state index contributed by atoms with van der Waals surface area (Å²) in [5.74, 6) is 0. The highest BCUT2D eigenvalue weighted by atomic mass is 32.1. The van der Waals surface area contributed by atoms with E-state index in [9.17, 15) is 0 Å². The lowest BCUT2D eigenvalue weighted by Crippen LogP contribution is -2.11. The van der Waals surface area contributed by atoms with Gasteiger partial charge in [-0.15, -0.1) is 11.3 Å². The van der Waals surface area contributed by atoms with Gasteiger partial charge in [0.15, 0.2) is 0 Å². The van der Waals surface area contributed by atoms with Crippen molar-refractivity contribution in [2.24, 2.45) is 0 Å². The molecule has 3 rings (SSSR count). The van der Waals surface area contributed by atoms with Gasteiger partial charge in [-0.2, -0.15) is 5.10 Å². The summed E-state index contributed by atoms with van der Waals surface area (Å²) < 4.78 is 1.97. The lowest BCUT2D eigenvalue weighted by molar-refractivity contribution is 0.679. The van der Waals surface area contributed by atoms with Gasteiger partial charge in [-0.05, 0) is 5.56 Å². The van der Waals surface area contributed by atoms with Crippen LogP contribution in [0.3, 0.4) is 0 Å². The van der Waals surface area contributed by atoms with E-state index in [4.69, 9.17) is 0 Å². The first kappa shape index (κ1) is 13.0. The van der Waals surface area contributed by atoms with E-state index in [1.165, 1.54) is 16.0 Å². The zero-order valence-electron chi connectivity index (χ0n) is 11.1. The van der Waals surface area contributed by atoms with Gasteiger partial charge in [-0.1, -0.05) is 30.3 Å². The molecule has 5 heteroatoms. The van der Waals surface area contributed by atoms with E-state index in [0.717, 1.165) is 19.6 Å². The Morgan fingerprint density at radius 1 is 1.05 bits per heavy atom. The molecule has 0 amide bonds. The molecule has 0 fully saturated rings. The standard InChI is InChI=1S/C15H16N4S/c1-2-4-13(5-3-1)10-19-11-14(7-18-19)6-16-8-15-9-17-12-20-15/h1-5,7,9,11-12,16H,6,8,10H2. The zero-order chi connectivity index (χ0) is 13.6. The van der Waals surface area contributed by atoms with Gasteiger partial charge < -0.3 is 5.32 Å². The van der Waals surface area contributed by atoms with Gasteiger partial charge in [0.05, 0.1) is 18.3 Å². The van der Waals surface area contributed by atoms with Gasteiger partial charge >= 0.3 is 0 Å². The Labute approximate surface area is 122 Å². The fourth-order valence-electron chi connectivity index (χ4n) is 2.01. The number of aromatic nitrogens is 3. The molecule has 0 aliphatic rings. The molecule has 4 nitrogen and oxygen atoms in total. The van der Waals surface area contributed by atoms with E-state index in [1.54, 1.807) is 11.3 Å². The van der Waals surface area contributed by atoms with Crippen LogP contribution < -0.4 is 5.32 Å². The summed E-state index contributed by atoms with van der Waals surface area (Å²) in [4.78, 5) is 5.31. The second-order valence-corrected chi connectivity index (χ2v) is 5.57. The minimum Gasteiger partial charge on any atom is -0.308 e. The van der Waals surface area contributed by atoms with Gasteiger partial charge in [0.25, 0.3) is 0 Å². The maximum atomic E-state index is 4.39. The Bertz CT molecular complexity index is 631. The molecular formula is C15H16N4S. The number of rotatable bonds is 6. The Kier molecular flexibility index (Phi) is 4.20. The van der Waals surface area contributed by atoms with Crippen molar-refractivity contribution >= 4 is 11.3 Å². The lowest BCUT2D eigenvalue weighted by Gasteiger charge is -2.01. The summed E-state index contributed by atoms with van der Waals surface area (Å²) in [6.07, 6.45) is 5.91. The van der Waals surface area contributed by atoms with Crippen LogP contribution in [0.1, 0.15) is 16.0 Å². The smallest absolute Gasteiger partial charge is 0.0794 e. The van der Waals surface area contributed by atoms with Crippen molar-refractivity contribution < 1.29 is 0 Å². The monoisotopic (exact) mass is 284 g/mol. The third-order valence-corrected chi connectivity index (χ3v) is 3.77. The minimum absolute atomic E-state index is 0.815. The lowest BCUT2D eigenvalue weighted by atomic mass is 10.2. The molecular weight excluding hydrogens is 268 g/mol. The van der Waals surface area contributed by atoms with E-state index in [0.29, 0.717) is 0 Å². The van der Waals surface area contributed by atoms with E-state index >= 15 is 0 Å². The van der Waals surface area contributed by atoms with Crippen molar-refractivity contribution in [3.8, 4) is 0 Å². The predicted molar refractivity (Wildman–Crippen MR) is 80.4 cm³/mol. The van der Waals surface area contributed by atoms with Crippen LogP contribution in [0.4, 0.5) is 0 Å². The molecule has 0 aliphatic heterocycles. The zero-order valence-corrected chi connectivity index (χ0v) is 11.9. The molecule has 0 atom stereocenters. The van der Waals surface area contributed by atoms with E-state index in [2.05, 4.69) is 45.9 Å². The highest BCUT2D eigenvalue weighted by Crippen LogP contribution is 2.06. The van der Waals surface area contributed by atoms with E-state index < -0.39 is 0 Å². The van der Waals surface area contributed by atoms with Crippen LogP contribution in [0.25, 0.3) is 0 Å². The van der Waals surface area contributed by atoms with Crippen LogP contribution in [-0.2, 0) is 19.6 Å². The highest BCUT2D eigenvalue weighted by molar-refractivity contribution is 7.09. The van der Waals surface area contributed by atoms with Crippen molar-refractivity contribution in [1.29, 1.82) is 0 Å². The molecule has 0 spiro atoms. The molecule has 20 heavy (non-hydrogen) atoms. The maximum Gasteiger partial charge on any atom is 0.0794 e. The quantitative estimate of drug-likeness (QED) is 0.757. The fraction of sp³-hybridized carbons (Fsp3) is 0.200.